The Labute approximate surface area is 195 Å². The Kier molecular flexibility index (Phi) is 23.3. The van der Waals surface area contributed by atoms with Gasteiger partial charge < -0.3 is 5.32 Å². The molecule has 0 saturated heterocycles. The number of carbonyl (C=O) groups is 1. The molecule has 32 heavy (non-hydrogen) atoms. The van der Waals surface area contributed by atoms with Gasteiger partial charge in [0, 0.05) is 13.0 Å². The zero-order chi connectivity index (χ0) is 23.8. The first kappa shape index (κ1) is 31.5. The molecule has 0 bridgehead atoms. The molecular weight excluding hydrogens is 433 g/mol. The van der Waals surface area contributed by atoms with Gasteiger partial charge >= 0.3 is 7.82 Å². The Morgan fingerprint density at radius 2 is 1.28 bits per heavy atom. The lowest BCUT2D eigenvalue weighted by molar-refractivity contribution is -0.245. The summed E-state index contributed by atoms with van der Waals surface area (Å²) in [6.07, 6.45) is 20.9. The van der Waals surface area contributed by atoms with Gasteiger partial charge in [-0.15, -0.1) is 9.35 Å². The molecule has 0 aliphatic carbocycles. The molecule has 0 aromatic rings. The Bertz CT molecular complexity index is 466. The van der Waals surface area contributed by atoms with Crippen LogP contribution in [-0.4, -0.2) is 31.4 Å². The second-order valence-corrected chi connectivity index (χ2v) is 9.83. The molecule has 0 rings (SSSR count). The van der Waals surface area contributed by atoms with E-state index in [1.54, 1.807) is 0 Å². The molecule has 1 unspecified atom stereocenters. The van der Waals surface area contributed by atoms with Crippen molar-refractivity contribution in [3.8, 4) is 0 Å². The number of unbranched alkanes of at least 4 members (excludes halogenated alkanes) is 15. The van der Waals surface area contributed by atoms with Crippen LogP contribution in [0.2, 0.25) is 0 Å². The average molecular weight is 482 g/mol. The zero-order valence-corrected chi connectivity index (χ0v) is 21.4. The third-order valence-electron chi connectivity index (χ3n) is 5.42. The number of hydrogen-bond donors (Lipinski definition) is 2. The van der Waals surface area contributed by atoms with E-state index in [0.29, 0.717) is 19.4 Å². The number of amides is 1. The number of nitrogens with one attached hydrogen (secondary N) is 1. The van der Waals surface area contributed by atoms with Crippen LogP contribution in [0.1, 0.15) is 122 Å². The minimum absolute atomic E-state index is 0.118. The predicted molar refractivity (Wildman–Crippen MR) is 127 cm³/mol. The fraction of sp³-hybridized carbons (Fsp3) is 0.957. The van der Waals surface area contributed by atoms with Crippen molar-refractivity contribution in [3.63, 3.8) is 0 Å². The molecular formula is C23H48NO7P. The van der Waals surface area contributed by atoms with Gasteiger partial charge in [-0.1, -0.05) is 96.8 Å². The van der Waals surface area contributed by atoms with E-state index in [1.165, 1.54) is 70.6 Å². The van der Waals surface area contributed by atoms with E-state index in [9.17, 15) is 9.36 Å². The summed E-state index contributed by atoms with van der Waals surface area (Å²) >= 11 is 0. The van der Waals surface area contributed by atoms with Crippen molar-refractivity contribution in [2.45, 2.75) is 122 Å². The lowest BCUT2D eigenvalue weighted by atomic mass is 10.0. The van der Waals surface area contributed by atoms with E-state index >= 15 is 0 Å². The van der Waals surface area contributed by atoms with Crippen LogP contribution in [0.15, 0.2) is 0 Å². The Morgan fingerprint density at radius 3 is 1.81 bits per heavy atom. The lowest BCUT2D eigenvalue weighted by Gasteiger charge is -2.11. The zero-order valence-electron chi connectivity index (χ0n) is 20.5. The summed E-state index contributed by atoms with van der Waals surface area (Å²) in [5.41, 5.74) is 0. The highest BCUT2D eigenvalue weighted by Crippen LogP contribution is 2.48. The topological polar surface area (TPSA) is 103 Å². The van der Waals surface area contributed by atoms with Crippen LogP contribution in [0.4, 0.5) is 0 Å². The predicted octanol–water partition coefficient (Wildman–Crippen LogP) is 7.34. The van der Waals surface area contributed by atoms with E-state index in [4.69, 9.17) is 9.78 Å². The smallest absolute Gasteiger partial charge is 0.356 e. The highest BCUT2D eigenvalue weighted by atomic mass is 31.2. The van der Waals surface area contributed by atoms with E-state index in [-0.39, 0.29) is 12.5 Å². The maximum atomic E-state index is 11.9. The van der Waals surface area contributed by atoms with Gasteiger partial charge in [-0.2, -0.15) is 0 Å². The molecule has 9 heteroatoms. The maximum Gasteiger partial charge on any atom is 0.529 e. The van der Waals surface area contributed by atoms with Crippen molar-refractivity contribution < 1.29 is 33.4 Å². The standard InChI is InChI=1S/C23H48NO7P/c1-3-4-5-6-7-8-9-10-11-12-13-14-17-20-23(25)24-21-18-15-16-19-22-29-32(27,30-26)31-28-2/h26H,3-22H2,1-2H3,(H,24,25). The van der Waals surface area contributed by atoms with Gasteiger partial charge in [0.05, 0.1) is 13.7 Å². The normalized spacial score (nSPS) is 13.2. The SMILES string of the molecule is CCCCCCCCCCCCCCCC(=O)NCCCCCCOP(=O)(OO)OOC. The van der Waals surface area contributed by atoms with Gasteiger partial charge in [0.1, 0.15) is 0 Å². The molecule has 1 atom stereocenters. The van der Waals surface area contributed by atoms with E-state index in [0.717, 1.165) is 39.2 Å². The molecule has 2 N–H and O–H groups in total. The minimum Gasteiger partial charge on any atom is -0.356 e. The van der Waals surface area contributed by atoms with Crippen molar-refractivity contribution in [2.75, 3.05) is 20.3 Å². The lowest BCUT2D eigenvalue weighted by Crippen LogP contribution is -2.23. The summed E-state index contributed by atoms with van der Waals surface area (Å²) in [6.45, 7) is 3.05. The van der Waals surface area contributed by atoms with Crippen LogP contribution in [0.3, 0.4) is 0 Å². The molecule has 0 aliphatic heterocycles. The van der Waals surface area contributed by atoms with Crippen LogP contribution < -0.4 is 5.32 Å². The van der Waals surface area contributed by atoms with Crippen LogP contribution in [0.25, 0.3) is 0 Å². The Balaban J connectivity index is 3.31. The molecule has 8 nitrogen and oxygen atoms in total. The van der Waals surface area contributed by atoms with Crippen molar-refractivity contribution in [3.05, 3.63) is 0 Å². The molecule has 0 saturated carbocycles. The molecule has 0 aliphatic rings. The average Bonchev–Trinajstić information content (AvgIpc) is 2.79. The molecule has 0 radical (unpaired) electrons. The quantitative estimate of drug-likeness (QED) is 0.0608. The van der Waals surface area contributed by atoms with Crippen molar-refractivity contribution in [1.82, 2.24) is 5.32 Å². The maximum absolute atomic E-state index is 11.9. The van der Waals surface area contributed by atoms with Gasteiger partial charge in [-0.05, 0) is 19.3 Å². The highest BCUT2D eigenvalue weighted by molar-refractivity contribution is 7.48. The fourth-order valence-corrected chi connectivity index (χ4v) is 4.18. The summed E-state index contributed by atoms with van der Waals surface area (Å²) in [5, 5.41) is 11.4. The van der Waals surface area contributed by atoms with Crippen LogP contribution in [0.5, 0.6) is 0 Å². The van der Waals surface area contributed by atoms with Gasteiger partial charge in [0.25, 0.3) is 0 Å². The van der Waals surface area contributed by atoms with E-state index in [1.807, 2.05) is 0 Å². The second-order valence-electron chi connectivity index (χ2n) is 8.36. The number of hydrogen-bond acceptors (Lipinski definition) is 7. The summed E-state index contributed by atoms with van der Waals surface area (Å²) in [6, 6.07) is 0. The van der Waals surface area contributed by atoms with E-state index in [2.05, 4.69) is 26.5 Å². The van der Waals surface area contributed by atoms with Gasteiger partial charge in [0.15, 0.2) is 0 Å². The summed E-state index contributed by atoms with van der Waals surface area (Å²) in [5.74, 6) is 0.133. The summed E-state index contributed by atoms with van der Waals surface area (Å²) in [4.78, 5) is 16.1. The molecule has 0 fully saturated rings. The third kappa shape index (κ3) is 21.4. The number of rotatable bonds is 25. The first-order valence-electron chi connectivity index (χ1n) is 12.6. The summed E-state index contributed by atoms with van der Waals surface area (Å²) < 4.78 is 24.3. The minimum atomic E-state index is -4.03. The van der Waals surface area contributed by atoms with Crippen molar-refractivity contribution >= 4 is 13.7 Å². The largest absolute Gasteiger partial charge is 0.529 e. The number of carbonyl (C=O) groups excluding carboxylic acids is 1. The second kappa shape index (κ2) is 23.7. The molecule has 0 heterocycles. The van der Waals surface area contributed by atoms with Crippen molar-refractivity contribution in [1.29, 1.82) is 0 Å². The highest BCUT2D eigenvalue weighted by Gasteiger charge is 2.28. The van der Waals surface area contributed by atoms with E-state index < -0.39 is 7.82 Å². The molecule has 0 aromatic heterocycles. The Hall–Kier alpha value is -0.500. The molecule has 0 aromatic carbocycles. The van der Waals surface area contributed by atoms with Crippen LogP contribution in [-0.2, 0) is 28.1 Å². The van der Waals surface area contributed by atoms with Gasteiger partial charge in [-0.3, -0.25) is 9.32 Å². The van der Waals surface area contributed by atoms with Gasteiger partial charge in [0.2, 0.25) is 5.91 Å². The molecule has 192 valence electrons. The van der Waals surface area contributed by atoms with Crippen molar-refractivity contribution in [2.24, 2.45) is 0 Å². The Morgan fingerprint density at radius 1 is 0.781 bits per heavy atom. The fourth-order valence-electron chi connectivity index (χ4n) is 3.53. The van der Waals surface area contributed by atoms with Crippen LogP contribution in [0, 0.1) is 0 Å². The summed E-state index contributed by atoms with van der Waals surface area (Å²) in [7, 11) is -2.89. The first-order valence-corrected chi connectivity index (χ1v) is 14.1. The van der Waals surface area contributed by atoms with Gasteiger partial charge in [-0.25, -0.2) is 14.7 Å². The molecule has 0 spiro atoms. The van der Waals surface area contributed by atoms with Crippen LogP contribution >= 0.6 is 7.82 Å². The third-order valence-corrected chi connectivity index (χ3v) is 6.45. The first-order chi connectivity index (χ1) is 15.6. The molecule has 1 amide bonds. The number of phosphoric acid groups is 1. The monoisotopic (exact) mass is 481 g/mol.